The van der Waals surface area contributed by atoms with E-state index < -0.39 is 0 Å². The summed E-state index contributed by atoms with van der Waals surface area (Å²) in [6.07, 6.45) is 1.88. The number of para-hydroxylation sites is 1. The van der Waals surface area contributed by atoms with Gasteiger partial charge in [0.1, 0.15) is 6.17 Å². The van der Waals surface area contributed by atoms with Crippen molar-refractivity contribution in [3.05, 3.63) is 217 Å². The van der Waals surface area contributed by atoms with E-state index in [0.29, 0.717) is 0 Å². The first kappa shape index (κ1) is 32.4. The lowest BCUT2D eigenvalue weighted by molar-refractivity contribution is 0.669. The number of benzene rings is 8. The fourth-order valence-electron chi connectivity index (χ4n) is 8.42. The summed E-state index contributed by atoms with van der Waals surface area (Å²) in [5, 5.41) is 8.86. The quantitative estimate of drug-likeness (QED) is 0.181. The van der Waals surface area contributed by atoms with E-state index >= 15 is 0 Å². The lowest BCUT2D eigenvalue weighted by Gasteiger charge is -2.26. The molecule has 1 aliphatic rings. The third-order valence-electron chi connectivity index (χ3n) is 11.0. The summed E-state index contributed by atoms with van der Waals surface area (Å²) in [5.74, 6) is 0. The third kappa shape index (κ3) is 5.45. The Morgan fingerprint density at radius 1 is 0.464 bits per heavy atom. The first-order chi connectivity index (χ1) is 27.8. The molecule has 4 heteroatoms. The van der Waals surface area contributed by atoms with Gasteiger partial charge in [-0.15, -0.1) is 11.3 Å². The predicted octanol–water partition coefficient (Wildman–Crippen LogP) is 13.6. The predicted molar refractivity (Wildman–Crippen MR) is 238 cm³/mol. The normalized spacial score (nSPS) is 14.2. The van der Waals surface area contributed by atoms with Crippen LogP contribution in [-0.2, 0) is 0 Å². The molecule has 0 bridgehead atoms. The van der Waals surface area contributed by atoms with Crippen molar-refractivity contribution in [2.24, 2.45) is 4.99 Å². The Morgan fingerprint density at radius 3 is 1.86 bits per heavy atom. The smallest absolute Gasteiger partial charge is 0.146 e. The molecular weight excluding hydrogens is 699 g/mol. The van der Waals surface area contributed by atoms with Gasteiger partial charge < -0.3 is 9.88 Å². The highest BCUT2D eigenvalue weighted by atomic mass is 32.1. The van der Waals surface area contributed by atoms with Crippen molar-refractivity contribution < 1.29 is 0 Å². The molecule has 1 atom stereocenters. The van der Waals surface area contributed by atoms with E-state index in [1.807, 2.05) is 11.3 Å². The molecular formula is C52H35N3S. The van der Waals surface area contributed by atoms with Gasteiger partial charge in [0, 0.05) is 43.1 Å². The van der Waals surface area contributed by atoms with E-state index in [1.165, 1.54) is 64.4 Å². The van der Waals surface area contributed by atoms with Gasteiger partial charge in [-0.1, -0.05) is 158 Å². The number of aliphatic imine (C=N–C) groups is 1. The van der Waals surface area contributed by atoms with Crippen LogP contribution in [0, 0.1) is 0 Å². The van der Waals surface area contributed by atoms with E-state index in [1.54, 1.807) is 0 Å². The van der Waals surface area contributed by atoms with Gasteiger partial charge in [-0.25, -0.2) is 0 Å². The van der Waals surface area contributed by atoms with Gasteiger partial charge in [-0.05, 0) is 70.3 Å². The molecule has 56 heavy (non-hydrogen) atoms. The van der Waals surface area contributed by atoms with Crippen molar-refractivity contribution in [1.29, 1.82) is 0 Å². The number of aromatic nitrogens is 1. The van der Waals surface area contributed by atoms with Crippen LogP contribution in [0.15, 0.2) is 205 Å². The Morgan fingerprint density at radius 2 is 1.07 bits per heavy atom. The van der Waals surface area contributed by atoms with Gasteiger partial charge in [-0.3, -0.25) is 4.99 Å². The Hall–Kier alpha value is -7.01. The zero-order valence-corrected chi connectivity index (χ0v) is 31.2. The maximum absolute atomic E-state index is 5.53. The fourth-order valence-corrected chi connectivity index (χ4v) is 9.61. The average Bonchev–Trinajstić information content (AvgIpc) is 3.83. The van der Waals surface area contributed by atoms with Crippen LogP contribution in [0.3, 0.4) is 0 Å². The highest BCUT2D eigenvalue weighted by Crippen LogP contribution is 2.44. The molecule has 0 spiro atoms. The number of hydrogen-bond donors (Lipinski definition) is 1. The number of nitrogens with one attached hydrogen (secondary N) is 1. The Labute approximate surface area is 329 Å². The van der Waals surface area contributed by atoms with E-state index in [4.69, 9.17) is 4.99 Å². The van der Waals surface area contributed by atoms with E-state index in [-0.39, 0.29) is 6.17 Å². The molecule has 3 heterocycles. The van der Waals surface area contributed by atoms with Crippen molar-refractivity contribution in [2.45, 2.75) is 6.17 Å². The van der Waals surface area contributed by atoms with Crippen LogP contribution in [0.4, 0.5) is 0 Å². The number of thiophene rings is 1. The number of allylic oxidation sites excluding steroid dienone is 1. The second kappa shape index (κ2) is 13.4. The molecule has 0 amide bonds. The minimum Gasteiger partial charge on any atom is -0.359 e. The summed E-state index contributed by atoms with van der Waals surface area (Å²) < 4.78 is 5.06. The molecule has 0 aliphatic carbocycles. The standard InChI is InChI=1S/C52H35N3S/c1-4-16-34(17-5-1)37-22-14-23-38(30-37)45-33-44(36-20-8-3-9-21-36)53-52(54-45)42-26-15-28-47-50(42)41-25-10-12-27-46(41)55(47)48-32-39(35-18-6-2-7-19-35)31-43-40-24-11-13-29-49(40)56-51(43)48/h1-33,52-53H. The molecule has 11 rings (SSSR count). The number of fused-ring (bicyclic) bond motifs is 6. The highest BCUT2D eigenvalue weighted by Gasteiger charge is 2.25. The van der Waals surface area contributed by atoms with Gasteiger partial charge in [-0.2, -0.15) is 0 Å². The van der Waals surface area contributed by atoms with Crippen molar-refractivity contribution >= 4 is 64.7 Å². The number of nitrogens with zero attached hydrogens (tertiary/aromatic N) is 2. The lowest BCUT2D eigenvalue weighted by Crippen LogP contribution is -2.25. The summed E-state index contributed by atoms with van der Waals surface area (Å²) in [4.78, 5) is 5.53. The van der Waals surface area contributed by atoms with Crippen molar-refractivity contribution in [3.8, 4) is 27.9 Å². The molecule has 3 nitrogen and oxygen atoms in total. The summed E-state index contributed by atoms with van der Waals surface area (Å²) >= 11 is 1.87. The molecule has 1 aliphatic heterocycles. The molecule has 2 aromatic heterocycles. The minimum atomic E-state index is -0.325. The minimum absolute atomic E-state index is 0.325. The molecule has 0 fully saturated rings. The van der Waals surface area contributed by atoms with Crippen LogP contribution < -0.4 is 5.32 Å². The van der Waals surface area contributed by atoms with Crippen molar-refractivity contribution in [1.82, 2.24) is 9.88 Å². The van der Waals surface area contributed by atoms with Gasteiger partial charge >= 0.3 is 0 Å². The third-order valence-corrected chi connectivity index (χ3v) is 12.2. The Bertz CT molecular complexity index is 3150. The van der Waals surface area contributed by atoms with Crippen LogP contribution in [0.25, 0.3) is 75.6 Å². The van der Waals surface area contributed by atoms with Crippen LogP contribution in [0.2, 0.25) is 0 Å². The van der Waals surface area contributed by atoms with Gasteiger partial charge in [0.05, 0.1) is 27.1 Å². The van der Waals surface area contributed by atoms with Crippen LogP contribution in [0.5, 0.6) is 0 Å². The van der Waals surface area contributed by atoms with Crippen LogP contribution in [-0.4, -0.2) is 10.3 Å². The largest absolute Gasteiger partial charge is 0.359 e. The van der Waals surface area contributed by atoms with Crippen LogP contribution >= 0.6 is 11.3 Å². The summed E-state index contributed by atoms with van der Waals surface area (Å²) in [5.41, 5.74) is 13.7. The summed E-state index contributed by atoms with van der Waals surface area (Å²) in [7, 11) is 0. The first-order valence-corrected chi connectivity index (χ1v) is 19.9. The summed E-state index contributed by atoms with van der Waals surface area (Å²) in [6.45, 7) is 0. The van der Waals surface area contributed by atoms with E-state index in [9.17, 15) is 0 Å². The zero-order chi connectivity index (χ0) is 37.0. The molecule has 10 aromatic rings. The topological polar surface area (TPSA) is 29.3 Å². The Kier molecular flexibility index (Phi) is 7.75. The molecule has 0 radical (unpaired) electrons. The maximum Gasteiger partial charge on any atom is 0.146 e. The van der Waals surface area contributed by atoms with Crippen molar-refractivity contribution in [2.75, 3.05) is 0 Å². The molecule has 264 valence electrons. The maximum atomic E-state index is 5.53. The molecule has 1 N–H and O–H groups in total. The average molecular weight is 734 g/mol. The van der Waals surface area contributed by atoms with Crippen LogP contribution in [0.1, 0.15) is 22.9 Å². The molecule has 0 saturated carbocycles. The monoisotopic (exact) mass is 733 g/mol. The second-order valence-corrected chi connectivity index (χ2v) is 15.4. The van der Waals surface area contributed by atoms with E-state index in [2.05, 4.69) is 210 Å². The van der Waals surface area contributed by atoms with Gasteiger partial charge in [0.15, 0.2) is 0 Å². The van der Waals surface area contributed by atoms with Gasteiger partial charge in [0.25, 0.3) is 0 Å². The number of rotatable bonds is 6. The SMILES string of the molecule is C1=C(c2ccccc2)NC(c2cccc3c2c2ccccc2n3-c2cc(-c3ccccc3)cc3c2sc2ccccc23)N=C1c1cccc(-c2ccccc2)c1. The first-order valence-electron chi connectivity index (χ1n) is 19.1. The lowest BCUT2D eigenvalue weighted by atomic mass is 9.97. The summed E-state index contributed by atoms with van der Waals surface area (Å²) in [6, 6.07) is 69.8. The molecule has 1 unspecified atom stereocenters. The van der Waals surface area contributed by atoms with Gasteiger partial charge in [0.2, 0.25) is 0 Å². The Balaban J connectivity index is 1.15. The highest BCUT2D eigenvalue weighted by molar-refractivity contribution is 7.26. The zero-order valence-electron chi connectivity index (χ0n) is 30.4. The molecule has 8 aromatic carbocycles. The number of hydrogen-bond acceptors (Lipinski definition) is 3. The van der Waals surface area contributed by atoms with Crippen molar-refractivity contribution in [3.63, 3.8) is 0 Å². The molecule has 0 saturated heterocycles. The fraction of sp³-hybridized carbons (Fsp3) is 0.0192. The van der Waals surface area contributed by atoms with E-state index in [0.717, 1.165) is 33.6 Å². The second-order valence-electron chi connectivity index (χ2n) is 14.4.